The van der Waals surface area contributed by atoms with Crippen LogP contribution in [0.5, 0.6) is 0 Å². The first-order valence-corrected chi connectivity index (χ1v) is 4.26. The Morgan fingerprint density at radius 3 is 2.77 bits per heavy atom. The van der Waals surface area contributed by atoms with Gasteiger partial charge in [-0.1, -0.05) is 24.3 Å². The van der Waals surface area contributed by atoms with E-state index in [1.54, 1.807) is 0 Å². The Morgan fingerprint density at radius 2 is 1.85 bits per heavy atom. The largest absolute Gasteiger partial charge is 0.240 e. The van der Waals surface area contributed by atoms with Gasteiger partial charge in [0.15, 0.2) is 0 Å². The number of aromatic nitrogens is 2. The molecule has 2 heteroatoms. The molecule has 1 aromatic carbocycles. The summed E-state index contributed by atoms with van der Waals surface area (Å²) < 4.78 is 1.89. The first-order chi connectivity index (χ1) is 6.43. The van der Waals surface area contributed by atoms with Crippen LogP contribution in [0.1, 0.15) is 0 Å². The Kier molecular flexibility index (Phi) is 1.19. The van der Waals surface area contributed by atoms with Gasteiger partial charge in [0.05, 0.1) is 5.52 Å². The highest BCUT2D eigenvalue weighted by atomic mass is 15.2. The van der Waals surface area contributed by atoms with E-state index in [1.807, 2.05) is 29.0 Å². The Bertz CT molecular complexity index is 517. The first-order valence-electron chi connectivity index (χ1n) is 4.26. The van der Waals surface area contributed by atoms with E-state index in [0.29, 0.717) is 0 Å². The van der Waals surface area contributed by atoms with E-state index in [2.05, 4.69) is 29.4 Å². The topological polar surface area (TPSA) is 17.3 Å². The second-order valence-electron chi connectivity index (χ2n) is 3.10. The number of hydrogen-bond acceptors (Lipinski definition) is 1. The van der Waals surface area contributed by atoms with Gasteiger partial charge in [-0.15, -0.1) is 0 Å². The highest BCUT2D eigenvalue weighted by Crippen LogP contribution is 2.15. The lowest BCUT2D eigenvalue weighted by molar-refractivity contribution is 0.970. The van der Waals surface area contributed by atoms with Gasteiger partial charge in [0.2, 0.25) is 0 Å². The summed E-state index contributed by atoms with van der Waals surface area (Å²) in [5.41, 5.74) is 1.14. The van der Waals surface area contributed by atoms with Crippen molar-refractivity contribution in [1.29, 1.82) is 0 Å². The summed E-state index contributed by atoms with van der Waals surface area (Å²) in [6.45, 7) is 0. The molecule has 0 atom stereocenters. The van der Waals surface area contributed by atoms with Crippen LogP contribution in [-0.2, 0) is 0 Å². The molecule has 2 heterocycles. The lowest BCUT2D eigenvalue weighted by atomic mass is 10.2. The van der Waals surface area contributed by atoms with Gasteiger partial charge in [-0.2, -0.15) is 5.10 Å². The van der Waals surface area contributed by atoms with Crippen molar-refractivity contribution in [3.63, 3.8) is 0 Å². The van der Waals surface area contributed by atoms with Gasteiger partial charge in [-0.25, -0.2) is 4.52 Å². The van der Waals surface area contributed by atoms with Crippen LogP contribution in [0.4, 0.5) is 0 Å². The van der Waals surface area contributed by atoms with E-state index >= 15 is 0 Å². The molecule has 0 unspecified atom stereocenters. The second-order valence-corrected chi connectivity index (χ2v) is 3.10. The molecular formula is C11H8N2. The lowest BCUT2D eigenvalue weighted by Gasteiger charge is -1.98. The Balaban J connectivity index is 2.57. The third-order valence-corrected chi connectivity index (χ3v) is 2.26. The molecule has 0 fully saturated rings. The predicted octanol–water partition coefficient (Wildman–Crippen LogP) is 2.49. The number of hydrogen-bond donors (Lipinski definition) is 0. The Morgan fingerprint density at radius 1 is 1.00 bits per heavy atom. The minimum absolute atomic E-state index is 1.14. The summed E-state index contributed by atoms with van der Waals surface area (Å²) in [5.74, 6) is 0. The van der Waals surface area contributed by atoms with Crippen molar-refractivity contribution >= 4 is 16.3 Å². The second kappa shape index (κ2) is 2.33. The third-order valence-electron chi connectivity index (χ3n) is 2.26. The minimum Gasteiger partial charge on any atom is -0.240 e. The Hall–Kier alpha value is -1.83. The summed E-state index contributed by atoms with van der Waals surface area (Å²) >= 11 is 0. The van der Waals surface area contributed by atoms with Crippen LogP contribution in [0.15, 0.2) is 48.8 Å². The molecule has 2 nitrogen and oxygen atoms in total. The molecule has 13 heavy (non-hydrogen) atoms. The molecule has 0 aliphatic heterocycles. The normalized spacial score (nSPS) is 11.1. The molecule has 0 aliphatic rings. The van der Waals surface area contributed by atoms with E-state index in [-0.39, 0.29) is 0 Å². The molecule has 2 aromatic heterocycles. The zero-order valence-corrected chi connectivity index (χ0v) is 7.01. The van der Waals surface area contributed by atoms with Crippen molar-refractivity contribution in [2.45, 2.75) is 0 Å². The monoisotopic (exact) mass is 168 g/mol. The summed E-state index contributed by atoms with van der Waals surface area (Å²) in [5, 5.41) is 6.67. The quantitative estimate of drug-likeness (QED) is 0.504. The average Bonchev–Trinajstić information content (AvgIpc) is 2.61. The number of pyridine rings is 1. The fourth-order valence-corrected chi connectivity index (χ4v) is 1.60. The summed E-state index contributed by atoms with van der Waals surface area (Å²) in [6, 6.07) is 12.4. The third kappa shape index (κ3) is 0.920. The van der Waals surface area contributed by atoms with Crippen molar-refractivity contribution in [2.24, 2.45) is 0 Å². The molecule has 0 amide bonds. The number of fused-ring (bicyclic) bond motifs is 2. The Labute approximate surface area is 75.4 Å². The first kappa shape index (κ1) is 6.66. The maximum atomic E-state index is 4.19. The van der Waals surface area contributed by atoms with E-state index in [1.165, 1.54) is 10.8 Å². The van der Waals surface area contributed by atoms with Crippen molar-refractivity contribution in [3.05, 3.63) is 48.8 Å². The molecule has 0 aliphatic carbocycles. The number of nitrogens with zero attached hydrogens (tertiary/aromatic N) is 2. The molecule has 3 aromatic rings. The van der Waals surface area contributed by atoms with Crippen molar-refractivity contribution < 1.29 is 0 Å². The van der Waals surface area contributed by atoms with Gasteiger partial charge in [-0.05, 0) is 17.5 Å². The molecule has 0 saturated carbocycles. The number of benzene rings is 1. The predicted molar refractivity (Wildman–Crippen MR) is 52.7 cm³/mol. The molecule has 0 radical (unpaired) electrons. The van der Waals surface area contributed by atoms with Gasteiger partial charge in [-0.3, -0.25) is 0 Å². The van der Waals surface area contributed by atoms with Crippen molar-refractivity contribution in [1.82, 2.24) is 9.61 Å². The van der Waals surface area contributed by atoms with E-state index in [9.17, 15) is 0 Å². The van der Waals surface area contributed by atoms with Gasteiger partial charge in [0.1, 0.15) is 0 Å². The van der Waals surface area contributed by atoms with Gasteiger partial charge in [0.25, 0.3) is 0 Å². The van der Waals surface area contributed by atoms with Crippen LogP contribution in [0.3, 0.4) is 0 Å². The lowest BCUT2D eigenvalue weighted by Crippen LogP contribution is -1.85. The van der Waals surface area contributed by atoms with Crippen LogP contribution in [-0.4, -0.2) is 9.61 Å². The zero-order chi connectivity index (χ0) is 8.67. The van der Waals surface area contributed by atoms with Crippen molar-refractivity contribution in [2.75, 3.05) is 0 Å². The van der Waals surface area contributed by atoms with Gasteiger partial charge in [0, 0.05) is 17.8 Å². The highest BCUT2D eigenvalue weighted by molar-refractivity contribution is 5.85. The fourth-order valence-electron chi connectivity index (χ4n) is 1.60. The maximum absolute atomic E-state index is 4.19. The summed E-state index contributed by atoms with van der Waals surface area (Å²) in [4.78, 5) is 0. The van der Waals surface area contributed by atoms with E-state index in [0.717, 1.165) is 5.52 Å². The van der Waals surface area contributed by atoms with Crippen LogP contribution >= 0.6 is 0 Å². The molecule has 0 spiro atoms. The molecule has 0 N–H and O–H groups in total. The highest BCUT2D eigenvalue weighted by Gasteiger charge is 1.95. The number of rotatable bonds is 0. The van der Waals surface area contributed by atoms with Gasteiger partial charge < -0.3 is 0 Å². The SMILES string of the molecule is c1ccc2cn3nccc3cc2c1. The van der Waals surface area contributed by atoms with Crippen LogP contribution in [0, 0.1) is 0 Å². The zero-order valence-electron chi connectivity index (χ0n) is 7.01. The van der Waals surface area contributed by atoms with Crippen molar-refractivity contribution in [3.8, 4) is 0 Å². The summed E-state index contributed by atoms with van der Waals surface area (Å²) in [6.07, 6.45) is 3.86. The standard InChI is InChI=1S/C11H8N2/c1-2-4-10-8-13-11(5-6-12-13)7-9(10)3-1/h1-8H. The average molecular weight is 168 g/mol. The summed E-state index contributed by atoms with van der Waals surface area (Å²) in [7, 11) is 0. The minimum atomic E-state index is 1.14. The van der Waals surface area contributed by atoms with E-state index in [4.69, 9.17) is 0 Å². The van der Waals surface area contributed by atoms with Crippen LogP contribution < -0.4 is 0 Å². The maximum Gasteiger partial charge on any atom is 0.0667 e. The van der Waals surface area contributed by atoms with Gasteiger partial charge >= 0.3 is 0 Å². The fraction of sp³-hybridized carbons (Fsp3) is 0. The molecular weight excluding hydrogens is 160 g/mol. The van der Waals surface area contributed by atoms with Crippen LogP contribution in [0.25, 0.3) is 16.3 Å². The smallest absolute Gasteiger partial charge is 0.0667 e. The van der Waals surface area contributed by atoms with Crippen LogP contribution in [0.2, 0.25) is 0 Å². The van der Waals surface area contributed by atoms with E-state index < -0.39 is 0 Å². The molecule has 3 rings (SSSR count). The molecule has 0 bridgehead atoms. The molecule has 0 saturated heterocycles. The molecule has 62 valence electrons.